The number of amides is 2. The first kappa shape index (κ1) is 17.0. The van der Waals surface area contributed by atoms with Crippen LogP contribution in [-0.4, -0.2) is 23.3 Å². The minimum atomic E-state index is -0.390. The maximum Gasteiger partial charge on any atom is 0.315 e. The fourth-order valence-corrected chi connectivity index (χ4v) is 1.57. The molecule has 0 aromatic heterocycles. The molecule has 0 saturated heterocycles. The van der Waals surface area contributed by atoms with Crippen LogP contribution in [0.15, 0.2) is 18.2 Å². The first-order valence-electron chi connectivity index (χ1n) is 6.76. The Balaban J connectivity index is 2.69. The molecule has 0 unspecified atom stereocenters. The fourth-order valence-electron chi connectivity index (χ4n) is 1.57. The molecular formula is C16H21FN2O2. The lowest BCUT2D eigenvalue weighted by Crippen LogP contribution is -2.46. The number of halogens is 1. The monoisotopic (exact) mass is 292 g/mol. The zero-order chi connectivity index (χ0) is 15.9. The Hall–Kier alpha value is -2.06. The van der Waals surface area contributed by atoms with Crippen LogP contribution in [0, 0.1) is 17.7 Å². The van der Waals surface area contributed by atoms with E-state index in [9.17, 15) is 9.18 Å². The normalized spacial score (nSPS) is 10.5. The minimum absolute atomic E-state index is 0.00438. The number of hydrogen-bond acceptors (Lipinski definition) is 2. The number of benzene rings is 1. The molecule has 0 spiro atoms. The Kier molecular flexibility index (Phi) is 6.19. The Labute approximate surface area is 124 Å². The van der Waals surface area contributed by atoms with E-state index in [0.29, 0.717) is 17.5 Å². The van der Waals surface area contributed by atoms with Crippen molar-refractivity contribution in [3.05, 3.63) is 35.1 Å². The number of aliphatic hydroxyl groups excluding tert-OH is 1. The molecular weight excluding hydrogens is 271 g/mol. The molecule has 0 bridgehead atoms. The summed E-state index contributed by atoms with van der Waals surface area (Å²) in [6, 6.07) is 4.13. The predicted molar refractivity (Wildman–Crippen MR) is 80.1 cm³/mol. The minimum Gasteiger partial charge on any atom is -0.395 e. The standard InChI is InChI=1S/C16H21FN2O2/c1-16(2,3)19-15(21)18-11-13-10-12(6-4-5-9-20)7-8-14(13)17/h7-8,10,20H,5,9,11H2,1-3H3,(H2,18,19,21). The highest BCUT2D eigenvalue weighted by molar-refractivity contribution is 5.74. The van der Waals surface area contributed by atoms with Crippen molar-refractivity contribution in [3.63, 3.8) is 0 Å². The summed E-state index contributed by atoms with van der Waals surface area (Å²) >= 11 is 0. The van der Waals surface area contributed by atoms with Gasteiger partial charge in [-0.3, -0.25) is 0 Å². The van der Waals surface area contributed by atoms with Gasteiger partial charge in [-0.2, -0.15) is 0 Å². The lowest BCUT2D eigenvalue weighted by atomic mass is 10.1. The van der Waals surface area contributed by atoms with Crippen molar-refractivity contribution in [2.75, 3.05) is 6.61 Å². The first-order chi connectivity index (χ1) is 9.81. The van der Waals surface area contributed by atoms with Gasteiger partial charge in [0, 0.05) is 29.6 Å². The van der Waals surface area contributed by atoms with E-state index in [1.54, 1.807) is 12.1 Å². The van der Waals surface area contributed by atoms with Crippen LogP contribution in [0.2, 0.25) is 0 Å². The van der Waals surface area contributed by atoms with E-state index >= 15 is 0 Å². The van der Waals surface area contributed by atoms with Crippen molar-refractivity contribution >= 4 is 6.03 Å². The smallest absolute Gasteiger partial charge is 0.315 e. The summed E-state index contributed by atoms with van der Waals surface area (Å²) in [5.74, 6) is 5.22. The van der Waals surface area contributed by atoms with Crippen molar-refractivity contribution in [2.45, 2.75) is 39.3 Å². The van der Waals surface area contributed by atoms with Crippen LogP contribution < -0.4 is 10.6 Å². The Morgan fingerprint density at radius 2 is 2.10 bits per heavy atom. The molecule has 2 amide bonds. The maximum absolute atomic E-state index is 13.7. The lowest BCUT2D eigenvalue weighted by molar-refractivity contribution is 0.231. The molecule has 0 aliphatic rings. The average molecular weight is 292 g/mol. The van der Waals surface area contributed by atoms with Gasteiger partial charge in [-0.05, 0) is 39.0 Å². The topological polar surface area (TPSA) is 61.4 Å². The Bertz CT molecular complexity index is 554. The van der Waals surface area contributed by atoms with E-state index in [0.717, 1.165) is 0 Å². The molecule has 0 atom stereocenters. The van der Waals surface area contributed by atoms with Crippen LogP contribution in [0.1, 0.15) is 38.3 Å². The molecule has 0 aliphatic heterocycles. The van der Waals surface area contributed by atoms with Crippen molar-refractivity contribution in [1.82, 2.24) is 10.6 Å². The number of nitrogens with one attached hydrogen (secondary N) is 2. The highest BCUT2D eigenvalue weighted by Gasteiger charge is 2.13. The number of hydrogen-bond donors (Lipinski definition) is 3. The lowest BCUT2D eigenvalue weighted by Gasteiger charge is -2.20. The number of carbonyl (C=O) groups is 1. The maximum atomic E-state index is 13.7. The van der Waals surface area contributed by atoms with E-state index in [-0.39, 0.29) is 24.7 Å². The molecule has 1 aromatic carbocycles. The van der Waals surface area contributed by atoms with Gasteiger partial charge in [0.25, 0.3) is 0 Å². The molecule has 3 N–H and O–H groups in total. The zero-order valence-corrected chi connectivity index (χ0v) is 12.6. The second-order valence-electron chi connectivity index (χ2n) is 5.64. The molecule has 0 heterocycles. The van der Waals surface area contributed by atoms with Crippen molar-refractivity contribution < 1.29 is 14.3 Å². The third-order valence-corrected chi connectivity index (χ3v) is 2.44. The summed E-state index contributed by atoms with van der Waals surface area (Å²) in [6.45, 7) is 5.68. The van der Waals surface area contributed by atoms with E-state index in [4.69, 9.17) is 5.11 Å². The van der Waals surface area contributed by atoms with Gasteiger partial charge >= 0.3 is 6.03 Å². The first-order valence-corrected chi connectivity index (χ1v) is 6.76. The van der Waals surface area contributed by atoms with Gasteiger partial charge in [0.05, 0.1) is 6.61 Å². The van der Waals surface area contributed by atoms with Crippen molar-refractivity contribution in [2.24, 2.45) is 0 Å². The molecule has 0 radical (unpaired) electrons. The molecule has 1 rings (SSSR count). The van der Waals surface area contributed by atoms with Crippen LogP contribution >= 0.6 is 0 Å². The molecule has 0 saturated carbocycles. The number of aliphatic hydroxyl groups is 1. The summed E-state index contributed by atoms with van der Waals surface area (Å²) in [7, 11) is 0. The van der Waals surface area contributed by atoms with E-state index in [1.807, 2.05) is 20.8 Å². The molecule has 5 heteroatoms. The average Bonchev–Trinajstić information content (AvgIpc) is 2.37. The number of urea groups is 1. The van der Waals surface area contributed by atoms with Gasteiger partial charge in [0.1, 0.15) is 5.82 Å². The summed E-state index contributed by atoms with van der Waals surface area (Å²) in [5.41, 5.74) is 0.674. The summed E-state index contributed by atoms with van der Waals surface area (Å²) in [5, 5.41) is 14.0. The van der Waals surface area contributed by atoms with Crippen molar-refractivity contribution in [1.29, 1.82) is 0 Å². The second kappa shape index (κ2) is 7.65. The van der Waals surface area contributed by atoms with Gasteiger partial charge in [-0.25, -0.2) is 9.18 Å². The number of rotatable bonds is 3. The highest BCUT2D eigenvalue weighted by atomic mass is 19.1. The molecule has 4 nitrogen and oxygen atoms in total. The van der Waals surface area contributed by atoms with Crippen LogP contribution in [0.5, 0.6) is 0 Å². The van der Waals surface area contributed by atoms with Gasteiger partial charge in [-0.1, -0.05) is 11.8 Å². The highest BCUT2D eigenvalue weighted by Crippen LogP contribution is 2.10. The summed E-state index contributed by atoms with van der Waals surface area (Å²) in [4.78, 5) is 11.6. The molecule has 21 heavy (non-hydrogen) atoms. The largest absolute Gasteiger partial charge is 0.395 e. The van der Waals surface area contributed by atoms with Gasteiger partial charge in [0.2, 0.25) is 0 Å². The Morgan fingerprint density at radius 1 is 1.38 bits per heavy atom. The molecule has 114 valence electrons. The van der Waals surface area contributed by atoms with E-state index in [2.05, 4.69) is 22.5 Å². The van der Waals surface area contributed by atoms with Crippen LogP contribution in [0.25, 0.3) is 0 Å². The molecule has 0 fully saturated rings. The number of carbonyl (C=O) groups excluding carboxylic acids is 1. The Morgan fingerprint density at radius 3 is 2.71 bits per heavy atom. The van der Waals surface area contributed by atoms with Crippen LogP contribution in [-0.2, 0) is 6.54 Å². The second-order valence-corrected chi connectivity index (χ2v) is 5.64. The fraction of sp³-hybridized carbons (Fsp3) is 0.438. The molecule has 0 aliphatic carbocycles. The van der Waals surface area contributed by atoms with E-state index in [1.165, 1.54) is 6.07 Å². The van der Waals surface area contributed by atoms with Gasteiger partial charge in [0.15, 0.2) is 0 Å². The molecule has 1 aromatic rings. The summed E-state index contributed by atoms with van der Waals surface area (Å²) in [6.07, 6.45) is 0.374. The quantitative estimate of drug-likeness (QED) is 0.748. The van der Waals surface area contributed by atoms with E-state index < -0.39 is 5.82 Å². The van der Waals surface area contributed by atoms with Crippen molar-refractivity contribution in [3.8, 4) is 11.8 Å². The van der Waals surface area contributed by atoms with Gasteiger partial charge in [-0.15, -0.1) is 0 Å². The third kappa shape index (κ3) is 6.77. The van der Waals surface area contributed by atoms with Gasteiger partial charge < -0.3 is 15.7 Å². The van der Waals surface area contributed by atoms with Crippen LogP contribution in [0.3, 0.4) is 0 Å². The third-order valence-electron chi connectivity index (χ3n) is 2.44. The zero-order valence-electron chi connectivity index (χ0n) is 12.6. The summed E-state index contributed by atoms with van der Waals surface area (Å²) < 4.78 is 13.7. The predicted octanol–water partition coefficient (Wildman–Crippen LogP) is 2.16. The SMILES string of the molecule is CC(C)(C)NC(=O)NCc1cc(C#CCCO)ccc1F. The van der Waals surface area contributed by atoms with Crippen LogP contribution in [0.4, 0.5) is 9.18 Å².